The Morgan fingerprint density at radius 2 is 1.76 bits per heavy atom. The Morgan fingerprint density at radius 3 is 2.26 bits per heavy atom. The van der Waals surface area contributed by atoms with Crippen LogP contribution >= 0.6 is 11.3 Å². The molecule has 34 heavy (non-hydrogen) atoms. The van der Waals surface area contributed by atoms with Crippen LogP contribution in [0.5, 0.6) is 0 Å². The molecule has 0 bridgehead atoms. The van der Waals surface area contributed by atoms with Crippen molar-refractivity contribution in [2.45, 2.75) is 71.6 Å². The van der Waals surface area contributed by atoms with Crippen LogP contribution in [0.1, 0.15) is 50.6 Å². The Bertz CT molecular complexity index is 1220. The third-order valence-corrected chi connectivity index (χ3v) is 5.75. The smallest absolute Gasteiger partial charge is 0.428 e. The summed E-state index contributed by atoms with van der Waals surface area (Å²) in [5.41, 5.74) is -1.47. The highest BCUT2D eigenvalue weighted by molar-refractivity contribution is 7.20. The molecule has 0 aromatic carbocycles. The molecule has 190 valence electrons. The second-order valence-electron chi connectivity index (χ2n) is 8.34. The first-order valence-electron chi connectivity index (χ1n) is 9.77. The summed E-state index contributed by atoms with van der Waals surface area (Å²) < 4.78 is 83.7. The van der Waals surface area contributed by atoms with E-state index in [1.165, 1.54) is 6.92 Å². The molecule has 0 spiro atoms. The van der Waals surface area contributed by atoms with Gasteiger partial charge >= 0.3 is 24.1 Å². The van der Waals surface area contributed by atoms with Crippen molar-refractivity contribution in [3.8, 4) is 0 Å². The first kappa shape index (κ1) is 27.4. The number of hydrogen-bond donors (Lipinski definition) is 1. The minimum Gasteiger partial charge on any atom is -0.443 e. The summed E-state index contributed by atoms with van der Waals surface area (Å²) in [5.74, 6) is 0. The molecule has 1 atom stereocenters. The molecular formula is C19H22F6N4O4S. The molecule has 1 amide bonds. The lowest BCUT2D eigenvalue weighted by Crippen LogP contribution is -2.45. The quantitative estimate of drug-likeness (QED) is 0.361. The number of nitrogens with one attached hydrogen (secondary N) is 1. The Kier molecular flexibility index (Phi) is 7.60. The zero-order valence-electron chi connectivity index (χ0n) is 18.7. The number of alkyl halides is 6. The number of fused-ring (bicyclic) bond motifs is 1. The number of rotatable bonds is 5. The summed E-state index contributed by atoms with van der Waals surface area (Å²) in [4.78, 5) is 37.2. The average Bonchev–Trinajstić information content (AvgIpc) is 2.95. The van der Waals surface area contributed by atoms with Crippen molar-refractivity contribution in [1.29, 1.82) is 0 Å². The zero-order chi connectivity index (χ0) is 26.2. The third kappa shape index (κ3) is 6.39. The molecule has 0 saturated heterocycles. The van der Waals surface area contributed by atoms with E-state index in [2.05, 4.69) is 10.5 Å². The molecule has 0 aliphatic rings. The minimum atomic E-state index is -5.00. The molecule has 0 aliphatic heterocycles. The van der Waals surface area contributed by atoms with Gasteiger partial charge in [-0.1, -0.05) is 0 Å². The summed E-state index contributed by atoms with van der Waals surface area (Å²) in [6.07, 6.45) is -11.0. The van der Waals surface area contributed by atoms with Gasteiger partial charge in [0, 0.05) is 6.54 Å². The lowest BCUT2D eigenvalue weighted by molar-refractivity contribution is -0.164. The van der Waals surface area contributed by atoms with Gasteiger partial charge in [0.1, 0.15) is 16.5 Å². The number of hydrogen-bond acceptors (Lipinski definition) is 6. The van der Waals surface area contributed by atoms with Crippen molar-refractivity contribution in [1.82, 2.24) is 14.6 Å². The van der Waals surface area contributed by atoms with Crippen LogP contribution in [0.4, 0.5) is 31.1 Å². The molecule has 0 fully saturated rings. The number of carbonyl (C=O) groups is 1. The fraction of sp³-hybridized carbons (Fsp3) is 0.579. The monoisotopic (exact) mass is 516 g/mol. The Morgan fingerprint density at radius 1 is 1.18 bits per heavy atom. The first-order valence-corrected chi connectivity index (χ1v) is 10.6. The van der Waals surface area contributed by atoms with Crippen molar-refractivity contribution in [2.75, 3.05) is 0 Å². The van der Waals surface area contributed by atoms with Gasteiger partial charge in [0.2, 0.25) is 0 Å². The second kappa shape index (κ2) is 9.43. The molecule has 0 radical (unpaired) electrons. The number of aromatic nitrogens is 2. The van der Waals surface area contributed by atoms with Crippen LogP contribution in [-0.4, -0.2) is 39.4 Å². The van der Waals surface area contributed by atoms with Gasteiger partial charge in [0.15, 0.2) is 0 Å². The van der Waals surface area contributed by atoms with Gasteiger partial charge in [-0.25, -0.2) is 19.6 Å². The maximum atomic E-state index is 13.3. The van der Waals surface area contributed by atoms with Gasteiger partial charge in [0.05, 0.1) is 22.9 Å². The molecule has 2 aromatic heterocycles. The van der Waals surface area contributed by atoms with E-state index in [4.69, 9.17) is 4.74 Å². The first-order chi connectivity index (χ1) is 15.3. The summed E-state index contributed by atoms with van der Waals surface area (Å²) in [5, 5.41) is 3.30. The van der Waals surface area contributed by atoms with Gasteiger partial charge < -0.3 is 4.74 Å². The Hall–Kier alpha value is -2.84. The van der Waals surface area contributed by atoms with E-state index in [0.717, 1.165) is 6.21 Å². The highest BCUT2D eigenvalue weighted by Crippen LogP contribution is 2.31. The maximum absolute atomic E-state index is 13.3. The van der Waals surface area contributed by atoms with E-state index in [1.807, 2.05) is 0 Å². The second-order valence-corrected chi connectivity index (χ2v) is 9.37. The van der Waals surface area contributed by atoms with E-state index in [0.29, 0.717) is 22.8 Å². The minimum absolute atomic E-state index is 0.0867. The summed E-state index contributed by atoms with van der Waals surface area (Å²) in [6.45, 7) is 5.75. The molecule has 0 aliphatic carbocycles. The Balaban J connectivity index is 2.65. The molecule has 2 rings (SSSR count). The number of carbonyl (C=O) groups excluding carboxylic acids is 1. The molecule has 0 saturated carbocycles. The molecule has 2 aromatic rings. The topological polar surface area (TPSA) is 94.7 Å². The highest BCUT2D eigenvalue weighted by Gasteiger charge is 2.40. The van der Waals surface area contributed by atoms with Crippen LogP contribution in [-0.2, 0) is 11.3 Å². The van der Waals surface area contributed by atoms with Gasteiger partial charge in [-0.2, -0.15) is 31.4 Å². The summed E-state index contributed by atoms with van der Waals surface area (Å²) in [6, 6.07) is -2.57. The summed E-state index contributed by atoms with van der Waals surface area (Å²) in [7, 11) is 0. The van der Waals surface area contributed by atoms with Crippen molar-refractivity contribution < 1.29 is 35.9 Å². The van der Waals surface area contributed by atoms with Crippen molar-refractivity contribution in [3.05, 3.63) is 31.3 Å². The number of hydrazone groups is 1. The predicted molar refractivity (Wildman–Crippen MR) is 113 cm³/mol. The number of aryl methyl sites for hydroxylation is 2. The zero-order valence-corrected chi connectivity index (χ0v) is 19.5. The standard InChI is InChI=1S/C19H22F6N4O4S/c1-9-11(8-26-27-15(31)33-17(3,4)5)34-14-12(9)13(30)29(10(2)19(23,24)25)16(32)28(14)7-6-18(20,21)22/h8,10H,6-7H2,1-5H3,(H,27,31)/b26-8+. The van der Waals surface area contributed by atoms with E-state index in [9.17, 15) is 40.7 Å². The van der Waals surface area contributed by atoms with Crippen molar-refractivity contribution in [3.63, 3.8) is 0 Å². The fourth-order valence-electron chi connectivity index (χ4n) is 2.87. The molecule has 1 N–H and O–H groups in total. The number of halogens is 6. The molecule has 8 nitrogen and oxygen atoms in total. The van der Waals surface area contributed by atoms with Crippen molar-refractivity contribution in [2.24, 2.45) is 5.10 Å². The predicted octanol–water partition coefficient (Wildman–Crippen LogP) is 4.47. The third-order valence-electron chi connectivity index (χ3n) is 4.50. The highest BCUT2D eigenvalue weighted by atomic mass is 32.1. The number of nitrogens with zero attached hydrogens (tertiary/aromatic N) is 3. The van der Waals surface area contributed by atoms with E-state index in [1.54, 1.807) is 20.8 Å². The summed E-state index contributed by atoms with van der Waals surface area (Å²) >= 11 is 0.682. The van der Waals surface area contributed by atoms with Gasteiger partial charge in [-0.15, -0.1) is 11.3 Å². The van der Waals surface area contributed by atoms with Crippen LogP contribution < -0.4 is 16.7 Å². The molecule has 15 heteroatoms. The van der Waals surface area contributed by atoms with E-state index >= 15 is 0 Å². The lowest BCUT2D eigenvalue weighted by atomic mass is 10.2. The maximum Gasteiger partial charge on any atom is 0.428 e. The lowest BCUT2D eigenvalue weighted by Gasteiger charge is -2.20. The molecule has 1 unspecified atom stereocenters. The number of amides is 1. The fourth-order valence-corrected chi connectivity index (χ4v) is 4.06. The molecular weight excluding hydrogens is 494 g/mol. The number of ether oxygens (including phenoxy) is 1. The largest absolute Gasteiger partial charge is 0.443 e. The van der Waals surface area contributed by atoms with E-state index < -0.39 is 54.3 Å². The van der Waals surface area contributed by atoms with Crippen LogP contribution in [0.3, 0.4) is 0 Å². The Labute approximate surface area is 192 Å². The van der Waals surface area contributed by atoms with Crippen LogP contribution in [0.2, 0.25) is 0 Å². The normalized spacial score (nSPS) is 14.1. The van der Waals surface area contributed by atoms with E-state index in [-0.39, 0.29) is 25.2 Å². The van der Waals surface area contributed by atoms with Gasteiger partial charge in [0.25, 0.3) is 5.56 Å². The van der Waals surface area contributed by atoms with Crippen LogP contribution in [0, 0.1) is 6.92 Å². The van der Waals surface area contributed by atoms with Crippen molar-refractivity contribution >= 4 is 33.9 Å². The molecule has 2 heterocycles. The van der Waals surface area contributed by atoms with Crippen LogP contribution in [0.15, 0.2) is 14.7 Å². The van der Waals surface area contributed by atoms with Gasteiger partial charge in [-0.3, -0.25) is 9.36 Å². The van der Waals surface area contributed by atoms with Crippen LogP contribution in [0.25, 0.3) is 10.2 Å². The van der Waals surface area contributed by atoms with Gasteiger partial charge in [-0.05, 0) is 40.2 Å². The number of thiophene rings is 1. The SMILES string of the molecule is Cc1c(/C=N/NC(=O)OC(C)(C)C)sc2c1c(=O)n(C(C)C(F)(F)F)c(=O)n2CCC(F)(F)F. The average molecular weight is 516 g/mol.